The minimum atomic E-state index is -0.0641. The van der Waals surface area contributed by atoms with Crippen LogP contribution in [0.4, 0.5) is 5.69 Å². The zero-order valence-corrected chi connectivity index (χ0v) is 12.1. The van der Waals surface area contributed by atoms with E-state index in [1.165, 1.54) is 0 Å². The molecule has 0 aliphatic heterocycles. The van der Waals surface area contributed by atoms with Gasteiger partial charge in [0.1, 0.15) is 11.5 Å². The Morgan fingerprint density at radius 1 is 1.25 bits per heavy atom. The highest BCUT2D eigenvalue weighted by molar-refractivity contribution is 5.92. The second-order valence-electron chi connectivity index (χ2n) is 4.97. The summed E-state index contributed by atoms with van der Waals surface area (Å²) in [6.45, 7) is 6.11. The minimum Gasteiger partial charge on any atom is -0.465 e. The van der Waals surface area contributed by atoms with E-state index in [9.17, 15) is 4.79 Å². The molecule has 1 aromatic heterocycles. The number of carbonyl (C=O) groups is 1. The number of aryl methyl sites for hydroxylation is 2. The molecule has 4 nitrogen and oxygen atoms in total. The summed E-state index contributed by atoms with van der Waals surface area (Å²) < 4.78 is 5.52. The second-order valence-corrected chi connectivity index (χ2v) is 4.97. The molecule has 4 heteroatoms. The van der Waals surface area contributed by atoms with Gasteiger partial charge in [-0.1, -0.05) is 12.1 Å². The summed E-state index contributed by atoms with van der Waals surface area (Å²) in [5.74, 6) is 1.65. The first kappa shape index (κ1) is 14.3. The number of furan rings is 1. The molecular weight excluding hydrogens is 252 g/mol. The maximum atomic E-state index is 11.9. The lowest BCUT2D eigenvalue weighted by Crippen LogP contribution is -2.29. The Hall–Kier alpha value is -2.07. The number of benzene rings is 1. The number of nitrogens with one attached hydrogen (secondary N) is 2. The van der Waals surface area contributed by atoms with Gasteiger partial charge in [0.2, 0.25) is 5.91 Å². The van der Waals surface area contributed by atoms with Crippen molar-refractivity contribution < 1.29 is 9.21 Å². The van der Waals surface area contributed by atoms with Crippen molar-refractivity contribution in [3.63, 3.8) is 0 Å². The standard InChI is InChI=1S/C16H20N2O2/c1-11-5-4-6-14(9-11)18-16(19)10-17-13(3)15-8-7-12(2)20-15/h4-9,13,17H,10H2,1-3H3,(H,18,19). The minimum absolute atomic E-state index is 0.00644. The van der Waals surface area contributed by atoms with E-state index in [1.54, 1.807) is 0 Å². The van der Waals surface area contributed by atoms with Crippen molar-refractivity contribution in [1.29, 1.82) is 0 Å². The maximum Gasteiger partial charge on any atom is 0.238 e. The molecular formula is C16H20N2O2. The molecule has 1 unspecified atom stereocenters. The highest BCUT2D eigenvalue weighted by Gasteiger charge is 2.10. The molecule has 20 heavy (non-hydrogen) atoms. The van der Waals surface area contributed by atoms with E-state index in [4.69, 9.17) is 4.42 Å². The van der Waals surface area contributed by atoms with E-state index >= 15 is 0 Å². The zero-order chi connectivity index (χ0) is 14.5. The lowest BCUT2D eigenvalue weighted by atomic mass is 10.2. The van der Waals surface area contributed by atoms with Crippen LogP contribution in [0.25, 0.3) is 0 Å². The molecule has 0 saturated heterocycles. The van der Waals surface area contributed by atoms with Gasteiger partial charge in [0, 0.05) is 5.69 Å². The highest BCUT2D eigenvalue weighted by Crippen LogP contribution is 2.15. The predicted molar refractivity (Wildman–Crippen MR) is 79.7 cm³/mol. The first-order valence-corrected chi connectivity index (χ1v) is 6.71. The van der Waals surface area contributed by atoms with E-state index in [1.807, 2.05) is 57.2 Å². The van der Waals surface area contributed by atoms with Gasteiger partial charge in [-0.25, -0.2) is 0 Å². The summed E-state index contributed by atoms with van der Waals surface area (Å²) >= 11 is 0. The molecule has 1 heterocycles. The normalized spacial score (nSPS) is 12.2. The van der Waals surface area contributed by atoms with Crippen molar-refractivity contribution in [2.45, 2.75) is 26.8 Å². The van der Waals surface area contributed by atoms with Crippen molar-refractivity contribution in [2.24, 2.45) is 0 Å². The molecule has 2 rings (SSSR count). The van der Waals surface area contributed by atoms with Gasteiger partial charge in [0.05, 0.1) is 12.6 Å². The summed E-state index contributed by atoms with van der Waals surface area (Å²) in [5.41, 5.74) is 1.94. The average molecular weight is 272 g/mol. The smallest absolute Gasteiger partial charge is 0.238 e. The van der Waals surface area contributed by atoms with Crippen LogP contribution in [-0.4, -0.2) is 12.5 Å². The SMILES string of the molecule is Cc1cccc(NC(=O)CNC(C)c2ccc(C)o2)c1. The summed E-state index contributed by atoms with van der Waals surface area (Å²) in [6.07, 6.45) is 0. The Morgan fingerprint density at radius 3 is 2.70 bits per heavy atom. The Labute approximate surface area is 119 Å². The molecule has 0 aliphatic carbocycles. The van der Waals surface area contributed by atoms with Gasteiger partial charge in [-0.2, -0.15) is 0 Å². The van der Waals surface area contributed by atoms with E-state index in [-0.39, 0.29) is 18.5 Å². The van der Waals surface area contributed by atoms with Crippen LogP contribution in [0.3, 0.4) is 0 Å². The Bertz CT molecular complexity index is 590. The van der Waals surface area contributed by atoms with Crippen LogP contribution in [0.1, 0.15) is 30.0 Å². The number of amides is 1. The van der Waals surface area contributed by atoms with Gasteiger partial charge in [0.25, 0.3) is 0 Å². The summed E-state index contributed by atoms with van der Waals surface area (Å²) in [7, 11) is 0. The van der Waals surface area contributed by atoms with Crippen LogP contribution in [0, 0.1) is 13.8 Å². The van der Waals surface area contributed by atoms with E-state index in [0.717, 1.165) is 22.8 Å². The van der Waals surface area contributed by atoms with Crippen LogP contribution in [0.2, 0.25) is 0 Å². The topological polar surface area (TPSA) is 54.3 Å². The van der Waals surface area contributed by atoms with Crippen molar-refractivity contribution in [3.05, 3.63) is 53.5 Å². The van der Waals surface area contributed by atoms with Crippen molar-refractivity contribution in [1.82, 2.24) is 5.32 Å². The quantitative estimate of drug-likeness (QED) is 0.879. The second kappa shape index (κ2) is 6.39. The van der Waals surface area contributed by atoms with E-state index < -0.39 is 0 Å². The van der Waals surface area contributed by atoms with Gasteiger partial charge in [-0.3, -0.25) is 10.1 Å². The molecule has 0 spiro atoms. The van der Waals surface area contributed by atoms with Gasteiger partial charge >= 0.3 is 0 Å². The third-order valence-electron chi connectivity index (χ3n) is 3.06. The molecule has 0 fully saturated rings. The molecule has 1 atom stereocenters. The van der Waals surface area contributed by atoms with Gasteiger partial charge < -0.3 is 9.73 Å². The molecule has 106 valence electrons. The Morgan fingerprint density at radius 2 is 2.05 bits per heavy atom. The molecule has 1 aromatic carbocycles. The molecule has 0 bridgehead atoms. The van der Waals surface area contributed by atoms with Gasteiger partial charge in [-0.15, -0.1) is 0 Å². The van der Waals surface area contributed by atoms with Crippen LogP contribution >= 0.6 is 0 Å². The fourth-order valence-electron chi connectivity index (χ4n) is 1.96. The lowest BCUT2D eigenvalue weighted by Gasteiger charge is -2.11. The third kappa shape index (κ3) is 3.96. The summed E-state index contributed by atoms with van der Waals surface area (Å²) in [4.78, 5) is 11.9. The monoisotopic (exact) mass is 272 g/mol. The number of hydrogen-bond donors (Lipinski definition) is 2. The van der Waals surface area contributed by atoms with Crippen LogP contribution < -0.4 is 10.6 Å². The summed E-state index contributed by atoms with van der Waals surface area (Å²) in [6, 6.07) is 11.6. The summed E-state index contributed by atoms with van der Waals surface area (Å²) in [5, 5.41) is 6.00. The van der Waals surface area contributed by atoms with Crippen LogP contribution in [-0.2, 0) is 4.79 Å². The van der Waals surface area contributed by atoms with Crippen molar-refractivity contribution in [2.75, 3.05) is 11.9 Å². The van der Waals surface area contributed by atoms with E-state index in [0.29, 0.717) is 0 Å². The van der Waals surface area contributed by atoms with Crippen molar-refractivity contribution >= 4 is 11.6 Å². The van der Waals surface area contributed by atoms with Crippen molar-refractivity contribution in [3.8, 4) is 0 Å². The maximum absolute atomic E-state index is 11.9. The van der Waals surface area contributed by atoms with E-state index in [2.05, 4.69) is 10.6 Å². The first-order chi connectivity index (χ1) is 9.54. The molecule has 0 saturated carbocycles. The average Bonchev–Trinajstić information content (AvgIpc) is 2.83. The lowest BCUT2D eigenvalue weighted by molar-refractivity contribution is -0.115. The first-order valence-electron chi connectivity index (χ1n) is 6.71. The molecule has 0 aliphatic rings. The number of anilines is 1. The molecule has 2 N–H and O–H groups in total. The van der Waals surface area contributed by atoms with Crippen LogP contribution in [0.15, 0.2) is 40.8 Å². The van der Waals surface area contributed by atoms with Gasteiger partial charge in [0.15, 0.2) is 0 Å². The molecule has 0 radical (unpaired) electrons. The fraction of sp³-hybridized carbons (Fsp3) is 0.312. The number of rotatable bonds is 5. The highest BCUT2D eigenvalue weighted by atomic mass is 16.3. The molecule has 1 amide bonds. The molecule has 2 aromatic rings. The third-order valence-corrected chi connectivity index (χ3v) is 3.06. The fourth-order valence-corrected chi connectivity index (χ4v) is 1.96. The predicted octanol–water partition coefficient (Wildman–Crippen LogP) is 3.19. The number of carbonyl (C=O) groups excluding carboxylic acids is 1. The van der Waals surface area contributed by atoms with Crippen LogP contribution in [0.5, 0.6) is 0 Å². The van der Waals surface area contributed by atoms with Gasteiger partial charge in [-0.05, 0) is 50.6 Å². The number of hydrogen-bond acceptors (Lipinski definition) is 3. The Balaban J connectivity index is 1.83. The Kier molecular flexibility index (Phi) is 4.58. The zero-order valence-electron chi connectivity index (χ0n) is 12.1. The largest absolute Gasteiger partial charge is 0.465 e.